The van der Waals surface area contributed by atoms with E-state index >= 15 is 0 Å². The Morgan fingerprint density at radius 3 is 2.53 bits per heavy atom. The number of aromatic nitrogens is 3. The van der Waals surface area contributed by atoms with Gasteiger partial charge in [0.05, 0.1) is 0 Å². The highest BCUT2D eigenvalue weighted by molar-refractivity contribution is 5.76. The van der Waals surface area contributed by atoms with Gasteiger partial charge in [-0.05, 0) is 18.2 Å². The van der Waals surface area contributed by atoms with Crippen LogP contribution in [0, 0.1) is 0 Å². The molecule has 0 aliphatic heterocycles. The molecule has 0 saturated heterocycles. The molecule has 0 fully saturated rings. The summed E-state index contributed by atoms with van der Waals surface area (Å²) < 4.78 is 5.28. The third-order valence-electron chi connectivity index (χ3n) is 1.65. The molecule has 0 aromatic carbocycles. The number of nitrogens with zero attached hydrogens (tertiary/aromatic N) is 3. The van der Waals surface area contributed by atoms with Gasteiger partial charge in [0.25, 0.3) is 0 Å². The average Bonchev–Trinajstić information content (AvgIpc) is 2.31. The van der Waals surface area contributed by atoms with Gasteiger partial charge in [0.15, 0.2) is 12.0 Å². The van der Waals surface area contributed by atoms with Crippen molar-refractivity contribution in [3.63, 3.8) is 0 Å². The monoisotopic (exact) mass is 201 g/mol. The molecule has 0 N–H and O–H groups in total. The van der Waals surface area contributed by atoms with E-state index in [1.54, 1.807) is 30.6 Å². The first-order valence-corrected chi connectivity index (χ1v) is 4.25. The van der Waals surface area contributed by atoms with Crippen LogP contribution in [0.15, 0.2) is 36.8 Å². The number of ether oxygens (including phenoxy) is 1. The Kier molecular flexibility index (Phi) is 2.64. The van der Waals surface area contributed by atoms with E-state index in [1.165, 1.54) is 6.20 Å². The highest BCUT2D eigenvalue weighted by Gasteiger charge is 2.05. The quantitative estimate of drug-likeness (QED) is 0.703. The standard InChI is InChI=1S/C10H7N3O2/c14-7-8-9(3-1-4-11-8)15-10-12-5-2-6-13-10/h1-7H. The van der Waals surface area contributed by atoms with E-state index in [4.69, 9.17) is 4.74 Å². The van der Waals surface area contributed by atoms with Crippen LogP contribution in [0.25, 0.3) is 0 Å². The summed E-state index contributed by atoms with van der Waals surface area (Å²) in [5.74, 6) is 0.346. The zero-order valence-corrected chi connectivity index (χ0v) is 7.70. The maximum absolute atomic E-state index is 10.6. The van der Waals surface area contributed by atoms with Gasteiger partial charge in [-0.3, -0.25) is 4.79 Å². The molecule has 74 valence electrons. The Balaban J connectivity index is 2.28. The fourth-order valence-electron chi connectivity index (χ4n) is 1.01. The van der Waals surface area contributed by atoms with Gasteiger partial charge in [-0.15, -0.1) is 0 Å². The first-order valence-electron chi connectivity index (χ1n) is 4.25. The molecule has 2 rings (SSSR count). The Hall–Kier alpha value is -2.30. The number of hydrogen-bond acceptors (Lipinski definition) is 5. The van der Waals surface area contributed by atoms with Crippen molar-refractivity contribution in [3.05, 3.63) is 42.5 Å². The number of aldehydes is 1. The van der Waals surface area contributed by atoms with Crippen molar-refractivity contribution in [2.24, 2.45) is 0 Å². The molecule has 0 bridgehead atoms. The van der Waals surface area contributed by atoms with Crippen LogP contribution in [-0.4, -0.2) is 21.2 Å². The second kappa shape index (κ2) is 4.28. The van der Waals surface area contributed by atoms with Crippen LogP contribution >= 0.6 is 0 Å². The lowest BCUT2D eigenvalue weighted by molar-refractivity contribution is 0.111. The molecule has 0 atom stereocenters. The summed E-state index contributed by atoms with van der Waals surface area (Å²) in [6.07, 6.45) is 5.25. The first kappa shape index (κ1) is 9.26. The minimum atomic E-state index is 0.189. The van der Waals surface area contributed by atoms with Gasteiger partial charge < -0.3 is 4.74 Å². The van der Waals surface area contributed by atoms with Crippen LogP contribution in [-0.2, 0) is 0 Å². The van der Waals surface area contributed by atoms with E-state index in [0.717, 1.165) is 0 Å². The van der Waals surface area contributed by atoms with E-state index in [2.05, 4.69) is 15.0 Å². The Labute approximate surface area is 85.8 Å². The van der Waals surface area contributed by atoms with Crippen molar-refractivity contribution in [1.82, 2.24) is 15.0 Å². The average molecular weight is 201 g/mol. The van der Waals surface area contributed by atoms with Gasteiger partial charge in [0.2, 0.25) is 0 Å². The molecule has 5 heteroatoms. The minimum absolute atomic E-state index is 0.189. The molecular weight excluding hydrogens is 194 g/mol. The second-order valence-electron chi connectivity index (χ2n) is 2.64. The van der Waals surface area contributed by atoms with Crippen molar-refractivity contribution in [3.8, 4) is 11.8 Å². The lowest BCUT2D eigenvalue weighted by Gasteiger charge is -2.03. The second-order valence-corrected chi connectivity index (χ2v) is 2.64. The van der Waals surface area contributed by atoms with Gasteiger partial charge in [-0.1, -0.05) is 0 Å². The summed E-state index contributed by atoms with van der Waals surface area (Å²) in [6, 6.07) is 5.17. The molecule has 0 saturated carbocycles. The van der Waals surface area contributed by atoms with Gasteiger partial charge in [0, 0.05) is 18.6 Å². The summed E-state index contributed by atoms with van der Waals surface area (Å²) in [5, 5.41) is 0. The Bertz CT molecular complexity index is 459. The maximum Gasteiger partial charge on any atom is 0.321 e. The molecule has 0 aliphatic carbocycles. The van der Waals surface area contributed by atoms with E-state index < -0.39 is 0 Å². The van der Waals surface area contributed by atoms with Crippen molar-refractivity contribution in [2.45, 2.75) is 0 Å². The first-order chi connectivity index (χ1) is 7.40. The number of carbonyl (C=O) groups excluding carboxylic acids is 1. The van der Waals surface area contributed by atoms with Gasteiger partial charge >= 0.3 is 6.01 Å². The topological polar surface area (TPSA) is 65.0 Å². The Morgan fingerprint density at radius 2 is 1.80 bits per heavy atom. The molecule has 2 aromatic rings. The molecule has 15 heavy (non-hydrogen) atoms. The van der Waals surface area contributed by atoms with Gasteiger partial charge in [-0.25, -0.2) is 15.0 Å². The summed E-state index contributed by atoms with van der Waals surface area (Å²) >= 11 is 0. The highest BCUT2D eigenvalue weighted by atomic mass is 16.5. The van der Waals surface area contributed by atoms with E-state index in [1.807, 2.05) is 0 Å². The number of pyridine rings is 1. The predicted molar refractivity (Wildman–Crippen MR) is 51.7 cm³/mol. The molecule has 0 spiro atoms. The van der Waals surface area contributed by atoms with Crippen molar-refractivity contribution >= 4 is 6.29 Å². The SMILES string of the molecule is O=Cc1ncccc1Oc1ncccn1. The zero-order chi connectivity index (χ0) is 10.5. The van der Waals surface area contributed by atoms with Crippen LogP contribution < -0.4 is 4.74 Å². The third-order valence-corrected chi connectivity index (χ3v) is 1.65. The number of rotatable bonds is 3. The smallest absolute Gasteiger partial charge is 0.321 e. The molecule has 2 aromatic heterocycles. The maximum atomic E-state index is 10.6. The van der Waals surface area contributed by atoms with Crippen molar-refractivity contribution in [1.29, 1.82) is 0 Å². The molecular formula is C10H7N3O2. The van der Waals surface area contributed by atoms with E-state index in [9.17, 15) is 4.79 Å². The van der Waals surface area contributed by atoms with Crippen LogP contribution in [0.1, 0.15) is 10.5 Å². The third kappa shape index (κ3) is 2.14. The Morgan fingerprint density at radius 1 is 1.07 bits per heavy atom. The number of hydrogen-bond donors (Lipinski definition) is 0. The predicted octanol–water partition coefficient (Wildman–Crippen LogP) is 1.48. The summed E-state index contributed by atoms with van der Waals surface area (Å²) in [6.45, 7) is 0. The zero-order valence-electron chi connectivity index (χ0n) is 7.70. The van der Waals surface area contributed by atoms with E-state index in [-0.39, 0.29) is 11.7 Å². The summed E-state index contributed by atoms with van der Waals surface area (Å²) in [5.41, 5.74) is 0.227. The largest absolute Gasteiger partial charge is 0.422 e. The summed E-state index contributed by atoms with van der Waals surface area (Å²) in [7, 11) is 0. The van der Waals surface area contributed by atoms with Crippen molar-refractivity contribution < 1.29 is 9.53 Å². The van der Waals surface area contributed by atoms with Crippen LogP contribution in [0.4, 0.5) is 0 Å². The van der Waals surface area contributed by atoms with Crippen LogP contribution in [0.2, 0.25) is 0 Å². The number of carbonyl (C=O) groups is 1. The molecule has 0 radical (unpaired) electrons. The molecule has 0 unspecified atom stereocenters. The fourth-order valence-corrected chi connectivity index (χ4v) is 1.01. The normalized spacial score (nSPS) is 9.60. The van der Waals surface area contributed by atoms with Gasteiger partial charge in [0.1, 0.15) is 5.69 Å². The fraction of sp³-hybridized carbons (Fsp3) is 0. The van der Waals surface area contributed by atoms with E-state index in [0.29, 0.717) is 12.0 Å². The van der Waals surface area contributed by atoms with Crippen LogP contribution in [0.3, 0.4) is 0 Å². The molecule has 0 amide bonds. The van der Waals surface area contributed by atoms with Crippen LogP contribution in [0.5, 0.6) is 11.8 Å². The highest BCUT2D eigenvalue weighted by Crippen LogP contribution is 2.18. The van der Waals surface area contributed by atoms with Crippen molar-refractivity contribution in [2.75, 3.05) is 0 Å². The molecule has 2 heterocycles. The summed E-state index contributed by atoms with van der Waals surface area (Å²) in [4.78, 5) is 22.2. The lowest BCUT2D eigenvalue weighted by Crippen LogP contribution is -1.95. The van der Waals surface area contributed by atoms with Gasteiger partial charge in [-0.2, -0.15) is 0 Å². The molecule has 5 nitrogen and oxygen atoms in total. The minimum Gasteiger partial charge on any atom is -0.422 e. The molecule has 0 aliphatic rings. The lowest BCUT2D eigenvalue weighted by atomic mass is 10.3.